The molecule has 0 heterocycles. The number of hydrogen-bond donors (Lipinski definition) is 2. The molecular weight excluding hydrogens is 316 g/mol. The number of carbonyl (C=O) groups is 1. The van der Waals surface area contributed by atoms with Gasteiger partial charge in [0.25, 0.3) is 5.91 Å². The van der Waals surface area contributed by atoms with E-state index in [1.807, 2.05) is 62.5 Å². The topological polar surface area (TPSA) is 52.0 Å². The molecule has 0 aliphatic rings. The van der Waals surface area contributed by atoms with Crippen LogP contribution in [0.5, 0.6) is 11.5 Å². The van der Waals surface area contributed by atoms with Crippen LogP contribution >= 0.6 is 0 Å². The first-order chi connectivity index (χ1) is 12.0. The van der Waals surface area contributed by atoms with Gasteiger partial charge < -0.3 is 19.7 Å². The summed E-state index contributed by atoms with van der Waals surface area (Å²) in [5.74, 6) is 1.45. The molecule has 2 N–H and O–H groups in total. The van der Waals surface area contributed by atoms with Gasteiger partial charge in [-0.15, -0.1) is 0 Å². The summed E-state index contributed by atoms with van der Waals surface area (Å²) in [4.78, 5) is 12.9. The number of rotatable bonds is 8. The minimum absolute atomic E-state index is 0.0345. The summed E-state index contributed by atoms with van der Waals surface area (Å²) in [7, 11) is 5.30. The predicted molar refractivity (Wildman–Crippen MR) is 97.9 cm³/mol. The van der Waals surface area contributed by atoms with Crippen molar-refractivity contribution in [2.75, 3.05) is 21.2 Å². The van der Waals surface area contributed by atoms with E-state index in [2.05, 4.69) is 5.32 Å². The lowest BCUT2D eigenvalue weighted by molar-refractivity contribution is -0.908. The Labute approximate surface area is 149 Å². The standard InChI is InChI=1S/C20H26N2O3/c1-15(20(23)21-2)22(3)13-17-10-11-18(19(12-17)24-4)25-14-16-8-6-5-7-9-16/h5-12,15H,13-14H2,1-4H3,(H,21,23)/p+1/t15-/m0/s1. The molecule has 2 aromatic rings. The summed E-state index contributed by atoms with van der Waals surface area (Å²) in [5.41, 5.74) is 2.20. The molecule has 2 aromatic carbocycles. The molecule has 1 amide bonds. The van der Waals surface area contributed by atoms with Crippen molar-refractivity contribution in [3.63, 3.8) is 0 Å². The van der Waals surface area contributed by atoms with Gasteiger partial charge >= 0.3 is 0 Å². The Bertz CT molecular complexity index is 689. The van der Waals surface area contributed by atoms with Gasteiger partial charge in [-0.25, -0.2) is 0 Å². The van der Waals surface area contributed by atoms with Gasteiger partial charge in [-0.05, 0) is 30.7 Å². The SMILES string of the molecule is CNC(=O)[C@H](C)[NH+](C)Cc1ccc(OCc2ccccc2)c(OC)c1. The Kier molecular flexibility index (Phi) is 6.83. The fraction of sp³-hybridized carbons (Fsp3) is 0.350. The van der Waals surface area contributed by atoms with Crippen LogP contribution < -0.4 is 19.7 Å². The van der Waals surface area contributed by atoms with E-state index >= 15 is 0 Å². The van der Waals surface area contributed by atoms with Crippen molar-refractivity contribution in [2.45, 2.75) is 26.1 Å². The molecule has 5 heteroatoms. The number of amides is 1. The van der Waals surface area contributed by atoms with Crippen LogP contribution in [0.15, 0.2) is 48.5 Å². The minimum atomic E-state index is -0.120. The fourth-order valence-electron chi connectivity index (χ4n) is 2.59. The van der Waals surface area contributed by atoms with Gasteiger partial charge in [0.1, 0.15) is 13.2 Å². The van der Waals surface area contributed by atoms with Crippen LogP contribution in [-0.2, 0) is 17.9 Å². The van der Waals surface area contributed by atoms with Gasteiger partial charge in [-0.1, -0.05) is 30.3 Å². The van der Waals surface area contributed by atoms with Crippen molar-refractivity contribution in [1.29, 1.82) is 0 Å². The van der Waals surface area contributed by atoms with E-state index in [9.17, 15) is 4.79 Å². The van der Waals surface area contributed by atoms with Gasteiger partial charge in [-0.3, -0.25) is 4.79 Å². The lowest BCUT2D eigenvalue weighted by Gasteiger charge is -2.21. The largest absolute Gasteiger partial charge is 0.493 e. The molecule has 0 saturated heterocycles. The molecule has 0 aromatic heterocycles. The summed E-state index contributed by atoms with van der Waals surface area (Å²) in [5, 5.41) is 2.69. The second-order valence-corrected chi connectivity index (χ2v) is 6.12. The normalized spacial score (nSPS) is 13.0. The van der Waals surface area contributed by atoms with Crippen LogP contribution in [0.4, 0.5) is 0 Å². The zero-order chi connectivity index (χ0) is 18.2. The van der Waals surface area contributed by atoms with Crippen molar-refractivity contribution in [3.8, 4) is 11.5 Å². The number of ether oxygens (including phenoxy) is 2. The fourth-order valence-corrected chi connectivity index (χ4v) is 2.59. The first kappa shape index (κ1) is 18.8. The number of likely N-dealkylation sites (N-methyl/N-ethyl adjacent to an activating group) is 2. The lowest BCUT2D eigenvalue weighted by atomic mass is 10.1. The monoisotopic (exact) mass is 343 g/mol. The number of hydrogen-bond acceptors (Lipinski definition) is 3. The number of nitrogens with one attached hydrogen (secondary N) is 2. The summed E-state index contributed by atoms with van der Waals surface area (Å²) in [6, 6.07) is 15.8. The number of benzene rings is 2. The average Bonchev–Trinajstić information content (AvgIpc) is 2.66. The van der Waals surface area contributed by atoms with E-state index < -0.39 is 0 Å². The molecule has 0 radical (unpaired) electrons. The summed E-state index contributed by atoms with van der Waals surface area (Å²) in [6.07, 6.45) is 0. The molecule has 25 heavy (non-hydrogen) atoms. The molecule has 0 aliphatic heterocycles. The lowest BCUT2D eigenvalue weighted by Crippen LogP contribution is -3.12. The quantitative estimate of drug-likeness (QED) is 0.762. The molecule has 0 saturated carbocycles. The summed E-state index contributed by atoms with van der Waals surface area (Å²) < 4.78 is 11.4. The Balaban J connectivity index is 2.04. The molecule has 0 bridgehead atoms. The highest BCUT2D eigenvalue weighted by Crippen LogP contribution is 2.28. The van der Waals surface area contributed by atoms with E-state index in [0.717, 1.165) is 22.6 Å². The van der Waals surface area contributed by atoms with Gasteiger partial charge in [0.15, 0.2) is 17.5 Å². The van der Waals surface area contributed by atoms with Crippen LogP contribution in [0, 0.1) is 0 Å². The Morgan fingerprint density at radius 1 is 1.12 bits per heavy atom. The first-order valence-corrected chi connectivity index (χ1v) is 8.42. The maximum absolute atomic E-state index is 11.8. The van der Waals surface area contributed by atoms with Gasteiger partial charge in [0.2, 0.25) is 0 Å². The molecule has 1 unspecified atom stereocenters. The maximum Gasteiger partial charge on any atom is 0.277 e. The van der Waals surface area contributed by atoms with Crippen LogP contribution in [-0.4, -0.2) is 33.2 Å². The maximum atomic E-state index is 11.8. The van der Waals surface area contributed by atoms with Crippen molar-refractivity contribution < 1.29 is 19.2 Å². The van der Waals surface area contributed by atoms with E-state index in [-0.39, 0.29) is 11.9 Å². The number of quaternary nitrogens is 1. The van der Waals surface area contributed by atoms with E-state index in [0.29, 0.717) is 18.1 Å². The van der Waals surface area contributed by atoms with Gasteiger partial charge in [0.05, 0.1) is 14.2 Å². The third-order valence-corrected chi connectivity index (χ3v) is 4.33. The highest BCUT2D eigenvalue weighted by molar-refractivity contribution is 5.79. The third kappa shape index (κ3) is 5.22. The molecule has 5 nitrogen and oxygen atoms in total. The van der Waals surface area contributed by atoms with Crippen molar-refractivity contribution in [1.82, 2.24) is 5.32 Å². The highest BCUT2D eigenvalue weighted by Gasteiger charge is 2.21. The van der Waals surface area contributed by atoms with Gasteiger partial charge in [-0.2, -0.15) is 0 Å². The molecule has 0 fully saturated rings. The molecule has 0 spiro atoms. The third-order valence-electron chi connectivity index (χ3n) is 4.33. The average molecular weight is 343 g/mol. The van der Waals surface area contributed by atoms with Gasteiger partial charge in [0, 0.05) is 12.6 Å². The molecule has 0 aliphatic carbocycles. The van der Waals surface area contributed by atoms with Crippen molar-refractivity contribution in [2.24, 2.45) is 0 Å². The Hall–Kier alpha value is -2.53. The zero-order valence-corrected chi connectivity index (χ0v) is 15.3. The minimum Gasteiger partial charge on any atom is -0.493 e. The van der Waals surface area contributed by atoms with Crippen molar-refractivity contribution >= 4 is 5.91 Å². The molecule has 134 valence electrons. The van der Waals surface area contributed by atoms with Crippen LogP contribution in [0.1, 0.15) is 18.1 Å². The van der Waals surface area contributed by atoms with Crippen LogP contribution in [0.2, 0.25) is 0 Å². The molecular formula is C20H27N2O3+. The highest BCUT2D eigenvalue weighted by atomic mass is 16.5. The van der Waals surface area contributed by atoms with Crippen molar-refractivity contribution in [3.05, 3.63) is 59.7 Å². The van der Waals surface area contributed by atoms with E-state index in [4.69, 9.17) is 9.47 Å². The predicted octanol–water partition coefficient (Wildman–Crippen LogP) is 1.42. The second-order valence-electron chi connectivity index (χ2n) is 6.12. The first-order valence-electron chi connectivity index (χ1n) is 8.42. The summed E-state index contributed by atoms with van der Waals surface area (Å²) >= 11 is 0. The second kappa shape index (κ2) is 9.08. The smallest absolute Gasteiger partial charge is 0.277 e. The number of methoxy groups -OCH3 is 1. The number of carbonyl (C=O) groups excluding carboxylic acids is 1. The Morgan fingerprint density at radius 2 is 1.84 bits per heavy atom. The van der Waals surface area contributed by atoms with Crippen LogP contribution in [0.25, 0.3) is 0 Å². The molecule has 2 rings (SSSR count). The zero-order valence-electron chi connectivity index (χ0n) is 15.3. The Morgan fingerprint density at radius 3 is 2.48 bits per heavy atom. The summed E-state index contributed by atoms with van der Waals surface area (Å²) in [6.45, 7) is 3.14. The van der Waals surface area contributed by atoms with E-state index in [1.54, 1.807) is 14.2 Å². The van der Waals surface area contributed by atoms with E-state index in [1.165, 1.54) is 0 Å². The molecule has 2 atom stereocenters. The van der Waals surface area contributed by atoms with Crippen LogP contribution in [0.3, 0.4) is 0 Å².